The van der Waals surface area contributed by atoms with Gasteiger partial charge in [0.2, 0.25) is 0 Å². The van der Waals surface area contributed by atoms with Crippen molar-refractivity contribution in [3.8, 4) is 11.5 Å². The predicted molar refractivity (Wildman–Crippen MR) is 73.7 cm³/mol. The van der Waals surface area contributed by atoms with Crippen LogP contribution in [0.3, 0.4) is 0 Å². The van der Waals surface area contributed by atoms with Crippen LogP contribution in [0.15, 0.2) is 18.2 Å². The molecule has 3 N–H and O–H groups in total. The SMILES string of the molecule is COc1ccc(CNC[C@@]2(O)CCNC2)c(OC)c1. The Bertz CT molecular complexity index is 417. The van der Waals surface area contributed by atoms with Crippen molar-refractivity contribution < 1.29 is 14.6 Å². The van der Waals surface area contributed by atoms with E-state index in [0.717, 1.165) is 30.0 Å². The van der Waals surface area contributed by atoms with Crippen LogP contribution in [0.1, 0.15) is 12.0 Å². The van der Waals surface area contributed by atoms with Gasteiger partial charge >= 0.3 is 0 Å². The van der Waals surface area contributed by atoms with E-state index in [4.69, 9.17) is 9.47 Å². The van der Waals surface area contributed by atoms with Gasteiger partial charge in [-0.1, -0.05) is 6.07 Å². The van der Waals surface area contributed by atoms with E-state index >= 15 is 0 Å². The molecule has 1 aromatic carbocycles. The van der Waals surface area contributed by atoms with Gasteiger partial charge in [-0.05, 0) is 19.0 Å². The lowest BCUT2D eigenvalue weighted by Crippen LogP contribution is -2.42. The monoisotopic (exact) mass is 266 g/mol. The fraction of sp³-hybridized carbons (Fsp3) is 0.571. The Hall–Kier alpha value is -1.30. The third kappa shape index (κ3) is 3.59. The Balaban J connectivity index is 1.91. The highest BCUT2D eigenvalue weighted by Gasteiger charge is 2.30. The van der Waals surface area contributed by atoms with Crippen molar-refractivity contribution in [2.45, 2.75) is 18.6 Å². The summed E-state index contributed by atoms with van der Waals surface area (Å²) in [7, 11) is 3.28. The Kier molecular flexibility index (Phi) is 4.63. The number of benzene rings is 1. The molecule has 19 heavy (non-hydrogen) atoms. The lowest BCUT2D eigenvalue weighted by atomic mass is 10.0. The fourth-order valence-corrected chi connectivity index (χ4v) is 2.31. The van der Waals surface area contributed by atoms with Crippen molar-refractivity contribution in [3.05, 3.63) is 23.8 Å². The predicted octanol–water partition coefficient (Wildman–Crippen LogP) is 0.518. The number of aliphatic hydroxyl groups is 1. The first-order valence-corrected chi connectivity index (χ1v) is 6.51. The molecule has 0 amide bonds. The average molecular weight is 266 g/mol. The van der Waals surface area contributed by atoms with E-state index in [2.05, 4.69) is 10.6 Å². The Morgan fingerprint density at radius 3 is 2.84 bits per heavy atom. The Labute approximate surface area is 113 Å². The maximum atomic E-state index is 10.2. The van der Waals surface area contributed by atoms with E-state index in [-0.39, 0.29) is 0 Å². The highest BCUT2D eigenvalue weighted by atomic mass is 16.5. The molecule has 1 aliphatic heterocycles. The summed E-state index contributed by atoms with van der Waals surface area (Å²) in [5.41, 5.74) is 0.428. The molecule has 0 saturated carbocycles. The first kappa shape index (κ1) is 14.1. The number of rotatable bonds is 6. The van der Waals surface area contributed by atoms with Gasteiger partial charge in [0.05, 0.1) is 19.8 Å². The summed E-state index contributed by atoms with van der Waals surface area (Å²) in [6.45, 7) is 2.77. The summed E-state index contributed by atoms with van der Waals surface area (Å²) in [6, 6.07) is 5.75. The Morgan fingerprint density at radius 2 is 2.21 bits per heavy atom. The van der Waals surface area contributed by atoms with E-state index in [9.17, 15) is 5.11 Å². The molecule has 1 aromatic rings. The molecule has 2 rings (SSSR count). The molecule has 5 heteroatoms. The van der Waals surface area contributed by atoms with Crippen LogP contribution >= 0.6 is 0 Å². The highest BCUT2D eigenvalue weighted by Crippen LogP contribution is 2.24. The van der Waals surface area contributed by atoms with E-state index in [1.807, 2.05) is 18.2 Å². The maximum absolute atomic E-state index is 10.2. The summed E-state index contributed by atoms with van der Waals surface area (Å²) >= 11 is 0. The van der Waals surface area contributed by atoms with Gasteiger partial charge in [-0.25, -0.2) is 0 Å². The number of methoxy groups -OCH3 is 2. The second-order valence-corrected chi connectivity index (χ2v) is 4.93. The molecule has 5 nitrogen and oxygen atoms in total. The quantitative estimate of drug-likeness (QED) is 0.700. The number of ether oxygens (including phenoxy) is 2. The first-order chi connectivity index (χ1) is 9.17. The van der Waals surface area contributed by atoms with Crippen LogP contribution in [0.5, 0.6) is 11.5 Å². The number of β-amino-alcohol motifs (C(OH)–C–C–N with tert-alkyl or cyclic N) is 1. The van der Waals surface area contributed by atoms with Crippen LogP contribution in [-0.2, 0) is 6.54 Å². The molecule has 0 unspecified atom stereocenters. The number of hydrogen-bond acceptors (Lipinski definition) is 5. The molecule has 1 aliphatic rings. The van der Waals surface area contributed by atoms with Gasteiger partial charge in [0.25, 0.3) is 0 Å². The molecule has 1 atom stereocenters. The summed E-state index contributed by atoms with van der Waals surface area (Å²) in [4.78, 5) is 0. The van der Waals surface area contributed by atoms with Crippen molar-refractivity contribution in [3.63, 3.8) is 0 Å². The van der Waals surface area contributed by atoms with Crippen molar-refractivity contribution in [2.24, 2.45) is 0 Å². The normalized spacial score (nSPS) is 22.5. The van der Waals surface area contributed by atoms with Gasteiger partial charge in [-0.3, -0.25) is 0 Å². The standard InChI is InChI=1S/C14H22N2O3/c1-18-12-4-3-11(13(7-12)19-2)8-16-10-14(17)5-6-15-9-14/h3-4,7,15-17H,5-6,8-10H2,1-2H3/t14-/m1/s1. The molecule has 1 saturated heterocycles. The minimum Gasteiger partial charge on any atom is -0.497 e. The molecular weight excluding hydrogens is 244 g/mol. The molecular formula is C14H22N2O3. The molecule has 0 bridgehead atoms. The van der Waals surface area contributed by atoms with Crippen LogP contribution in [0.25, 0.3) is 0 Å². The van der Waals surface area contributed by atoms with Crippen LogP contribution in [0.2, 0.25) is 0 Å². The van der Waals surface area contributed by atoms with Crippen molar-refractivity contribution >= 4 is 0 Å². The summed E-state index contributed by atoms with van der Waals surface area (Å²) < 4.78 is 10.5. The first-order valence-electron chi connectivity index (χ1n) is 6.51. The van der Waals surface area contributed by atoms with Crippen molar-refractivity contribution in [2.75, 3.05) is 33.9 Å². The lowest BCUT2D eigenvalue weighted by Gasteiger charge is -2.22. The maximum Gasteiger partial charge on any atom is 0.127 e. The van der Waals surface area contributed by atoms with Crippen LogP contribution in [-0.4, -0.2) is 44.6 Å². The Morgan fingerprint density at radius 1 is 1.37 bits per heavy atom. The molecule has 0 radical (unpaired) electrons. The minimum absolute atomic E-state index is 0.579. The van der Waals surface area contributed by atoms with Crippen LogP contribution in [0, 0.1) is 0 Å². The van der Waals surface area contributed by atoms with E-state index in [1.165, 1.54) is 0 Å². The zero-order chi connectivity index (χ0) is 13.7. The van der Waals surface area contributed by atoms with Crippen LogP contribution < -0.4 is 20.1 Å². The van der Waals surface area contributed by atoms with Gasteiger partial charge in [-0.15, -0.1) is 0 Å². The molecule has 0 aliphatic carbocycles. The second-order valence-electron chi connectivity index (χ2n) is 4.93. The summed E-state index contributed by atoms with van der Waals surface area (Å²) in [5.74, 6) is 1.57. The van der Waals surface area contributed by atoms with E-state index in [1.54, 1.807) is 14.2 Å². The molecule has 0 aromatic heterocycles. The fourth-order valence-electron chi connectivity index (χ4n) is 2.31. The van der Waals surface area contributed by atoms with Gasteiger partial charge in [0.15, 0.2) is 0 Å². The summed E-state index contributed by atoms with van der Waals surface area (Å²) in [6.07, 6.45) is 0.791. The molecule has 106 valence electrons. The highest BCUT2D eigenvalue weighted by molar-refractivity contribution is 5.40. The third-order valence-electron chi connectivity index (χ3n) is 3.48. The smallest absolute Gasteiger partial charge is 0.127 e. The average Bonchev–Trinajstić information content (AvgIpc) is 2.86. The molecule has 1 heterocycles. The zero-order valence-electron chi connectivity index (χ0n) is 11.5. The molecule has 1 fully saturated rings. The van der Waals surface area contributed by atoms with E-state index in [0.29, 0.717) is 19.6 Å². The zero-order valence-corrected chi connectivity index (χ0v) is 11.5. The van der Waals surface area contributed by atoms with Crippen molar-refractivity contribution in [1.29, 1.82) is 0 Å². The molecule has 0 spiro atoms. The van der Waals surface area contributed by atoms with Gasteiger partial charge in [0.1, 0.15) is 11.5 Å². The lowest BCUT2D eigenvalue weighted by molar-refractivity contribution is 0.0608. The van der Waals surface area contributed by atoms with Gasteiger partial charge in [-0.2, -0.15) is 0 Å². The number of nitrogens with one attached hydrogen (secondary N) is 2. The topological polar surface area (TPSA) is 62.8 Å². The minimum atomic E-state index is -0.625. The third-order valence-corrected chi connectivity index (χ3v) is 3.48. The van der Waals surface area contributed by atoms with E-state index < -0.39 is 5.60 Å². The largest absolute Gasteiger partial charge is 0.497 e. The van der Waals surface area contributed by atoms with Crippen LogP contribution in [0.4, 0.5) is 0 Å². The second kappa shape index (κ2) is 6.23. The summed E-state index contributed by atoms with van der Waals surface area (Å²) in [5, 5.41) is 16.7. The van der Waals surface area contributed by atoms with Crippen molar-refractivity contribution in [1.82, 2.24) is 10.6 Å². The van der Waals surface area contributed by atoms with Gasteiger partial charge in [0, 0.05) is 31.3 Å². The van der Waals surface area contributed by atoms with Gasteiger partial charge < -0.3 is 25.2 Å². The number of hydrogen-bond donors (Lipinski definition) is 3.